The van der Waals surface area contributed by atoms with Crippen LogP contribution in [0.25, 0.3) is 0 Å². The van der Waals surface area contributed by atoms with Crippen LogP contribution in [0.3, 0.4) is 0 Å². The zero-order chi connectivity index (χ0) is 21.6. The molecule has 4 aliphatic carbocycles. The molecule has 4 aliphatic rings. The number of hydrogen-bond acceptors (Lipinski definition) is 5. The molecule has 160 valence electrons. The van der Waals surface area contributed by atoms with Gasteiger partial charge in [-0.15, -0.1) is 0 Å². The van der Waals surface area contributed by atoms with Crippen LogP contribution < -0.4 is 0 Å². The lowest BCUT2D eigenvalue weighted by molar-refractivity contribution is -0.219. The number of hydrogen-bond donors (Lipinski definition) is 3. The Bertz CT molecular complexity index is 839. The quantitative estimate of drug-likeness (QED) is 0.386. The third kappa shape index (κ3) is 2.41. The summed E-state index contributed by atoms with van der Waals surface area (Å²) in [7, 11) is 0. The number of aliphatic hydroxyl groups excluding tert-OH is 2. The molecular formula is C22H28FIO5. The van der Waals surface area contributed by atoms with Gasteiger partial charge in [0.25, 0.3) is 0 Å². The van der Waals surface area contributed by atoms with Crippen molar-refractivity contribution in [2.24, 2.45) is 28.6 Å². The van der Waals surface area contributed by atoms with Gasteiger partial charge in [0.05, 0.1) is 6.10 Å². The molecule has 5 nitrogen and oxygen atoms in total. The fraction of sp³-hybridized carbons (Fsp3) is 0.727. The summed E-state index contributed by atoms with van der Waals surface area (Å²) in [5, 5.41) is 32.7. The third-order valence-electron chi connectivity index (χ3n) is 8.81. The van der Waals surface area contributed by atoms with Gasteiger partial charge in [0.15, 0.2) is 15.6 Å². The molecular weight excluding hydrogens is 490 g/mol. The van der Waals surface area contributed by atoms with Gasteiger partial charge >= 0.3 is 0 Å². The first-order valence-corrected chi connectivity index (χ1v) is 11.5. The van der Waals surface area contributed by atoms with Crippen molar-refractivity contribution in [1.82, 2.24) is 0 Å². The highest BCUT2D eigenvalue weighted by atomic mass is 127. The molecule has 0 saturated heterocycles. The number of aliphatic hydroxyl groups is 3. The molecule has 0 spiro atoms. The molecule has 0 aromatic carbocycles. The van der Waals surface area contributed by atoms with Crippen LogP contribution in [0, 0.1) is 28.6 Å². The average Bonchev–Trinajstić information content (AvgIpc) is 2.84. The van der Waals surface area contributed by atoms with E-state index in [-0.39, 0.29) is 18.1 Å². The van der Waals surface area contributed by atoms with Crippen molar-refractivity contribution >= 4 is 34.2 Å². The van der Waals surface area contributed by atoms with Gasteiger partial charge in [-0.25, -0.2) is 4.39 Å². The molecule has 3 N–H and O–H groups in total. The van der Waals surface area contributed by atoms with Crippen LogP contribution in [-0.4, -0.2) is 48.4 Å². The lowest BCUT2D eigenvalue weighted by Gasteiger charge is -2.62. The number of fused-ring (bicyclic) bond motifs is 5. The highest BCUT2D eigenvalue weighted by Gasteiger charge is 2.75. The monoisotopic (exact) mass is 518 g/mol. The minimum atomic E-state index is -1.99. The topological polar surface area (TPSA) is 94.8 Å². The van der Waals surface area contributed by atoms with Gasteiger partial charge < -0.3 is 15.3 Å². The minimum Gasteiger partial charge on any atom is -0.390 e. The standard InChI is InChI=1S/C22H28FIO5/c1-11-8-15-14-5-4-12-9-13(25)6-7-19(12,2)21(14,23)16(26)10-20(15,3)22(11,29)17(27)18(24)28/h6-7,9,11,14-16,18,26,28-29H,4-5,8,10H2,1-3H3/t11-,14+,15+,16+,18?,19+,20+,21+,22+/m1/s1. The van der Waals surface area contributed by atoms with Gasteiger partial charge in [-0.3, -0.25) is 9.59 Å². The molecule has 3 saturated carbocycles. The maximum atomic E-state index is 16.9. The van der Waals surface area contributed by atoms with E-state index >= 15 is 4.39 Å². The Kier molecular flexibility index (Phi) is 4.79. The predicted molar refractivity (Wildman–Crippen MR) is 113 cm³/mol. The van der Waals surface area contributed by atoms with Crippen molar-refractivity contribution in [3.05, 3.63) is 23.8 Å². The SMILES string of the molecule is C[C@@H]1C[C@H]2[C@@H]3CCC4=CC(=O)C=C[C@]4(C)[C@@]3(F)[C@@H](O)C[C@]2(C)[C@@]1(O)C(=O)C(O)I. The molecule has 7 heteroatoms. The maximum Gasteiger partial charge on any atom is 0.203 e. The summed E-state index contributed by atoms with van der Waals surface area (Å²) in [5.41, 5.74) is -5.25. The van der Waals surface area contributed by atoms with E-state index in [4.69, 9.17) is 0 Å². The predicted octanol–water partition coefficient (Wildman–Crippen LogP) is 2.66. The van der Waals surface area contributed by atoms with Gasteiger partial charge in [-0.05, 0) is 79.2 Å². The van der Waals surface area contributed by atoms with Gasteiger partial charge in [0.2, 0.25) is 5.78 Å². The molecule has 0 aromatic rings. The average molecular weight is 518 g/mol. The summed E-state index contributed by atoms with van der Waals surface area (Å²) in [6.07, 6.45) is 4.40. The normalized spacial score (nSPS) is 52.3. The smallest absolute Gasteiger partial charge is 0.203 e. The van der Waals surface area contributed by atoms with E-state index in [2.05, 4.69) is 0 Å². The van der Waals surface area contributed by atoms with Crippen molar-refractivity contribution in [1.29, 1.82) is 0 Å². The Labute approximate surface area is 183 Å². The number of allylic oxidation sites excluding steroid dienone is 4. The fourth-order valence-corrected chi connectivity index (χ4v) is 7.73. The summed E-state index contributed by atoms with van der Waals surface area (Å²) >= 11 is 1.58. The van der Waals surface area contributed by atoms with Crippen molar-refractivity contribution in [3.63, 3.8) is 0 Å². The number of Topliss-reactive ketones (excluding diaryl/α,β-unsaturated/α-hetero) is 1. The van der Waals surface area contributed by atoms with Gasteiger partial charge in [0, 0.05) is 16.7 Å². The Hall–Kier alpha value is -0.640. The number of alkyl halides is 2. The Morgan fingerprint density at radius 1 is 1.34 bits per heavy atom. The second kappa shape index (κ2) is 6.43. The van der Waals surface area contributed by atoms with Crippen LogP contribution in [0.4, 0.5) is 4.39 Å². The number of carbonyl (C=O) groups excluding carboxylic acids is 2. The zero-order valence-corrected chi connectivity index (χ0v) is 19.0. The molecule has 0 bridgehead atoms. The molecule has 3 fully saturated rings. The van der Waals surface area contributed by atoms with Gasteiger partial charge in [-0.2, -0.15) is 0 Å². The molecule has 4 rings (SSSR count). The summed E-state index contributed by atoms with van der Waals surface area (Å²) < 4.78 is 15.6. The molecule has 0 aromatic heterocycles. The third-order valence-corrected chi connectivity index (χ3v) is 9.38. The molecule has 0 aliphatic heterocycles. The van der Waals surface area contributed by atoms with Crippen LogP contribution in [-0.2, 0) is 9.59 Å². The van der Waals surface area contributed by atoms with Crippen LogP contribution in [0.15, 0.2) is 23.8 Å². The van der Waals surface area contributed by atoms with Crippen LogP contribution in [0.5, 0.6) is 0 Å². The number of halogens is 2. The van der Waals surface area contributed by atoms with Crippen molar-refractivity contribution in [2.45, 2.75) is 67.9 Å². The summed E-state index contributed by atoms with van der Waals surface area (Å²) in [6, 6.07) is 0. The Morgan fingerprint density at radius 2 is 2.00 bits per heavy atom. The molecule has 0 amide bonds. The fourth-order valence-electron chi connectivity index (χ4n) is 7.25. The first-order chi connectivity index (χ1) is 13.3. The van der Waals surface area contributed by atoms with Crippen molar-refractivity contribution in [2.75, 3.05) is 0 Å². The van der Waals surface area contributed by atoms with E-state index in [9.17, 15) is 24.9 Å². The number of carbonyl (C=O) groups is 2. The van der Waals surface area contributed by atoms with E-state index in [1.807, 2.05) is 0 Å². The van der Waals surface area contributed by atoms with Crippen LogP contribution in [0.1, 0.15) is 46.5 Å². The molecule has 1 unspecified atom stereocenters. The first-order valence-electron chi connectivity index (χ1n) is 10.2. The van der Waals surface area contributed by atoms with Crippen molar-refractivity contribution in [3.8, 4) is 0 Å². The van der Waals surface area contributed by atoms with Gasteiger partial charge in [-0.1, -0.05) is 25.5 Å². The molecule has 0 heterocycles. The van der Waals surface area contributed by atoms with Crippen LogP contribution in [0.2, 0.25) is 0 Å². The molecule has 0 radical (unpaired) electrons. The largest absolute Gasteiger partial charge is 0.390 e. The maximum absolute atomic E-state index is 16.9. The van der Waals surface area contributed by atoms with Gasteiger partial charge in [0.1, 0.15) is 5.60 Å². The van der Waals surface area contributed by atoms with E-state index in [1.165, 1.54) is 12.2 Å². The Morgan fingerprint density at radius 3 is 2.62 bits per heavy atom. The summed E-state index contributed by atoms with van der Waals surface area (Å²) in [6.45, 7) is 5.26. The molecule has 9 atom stereocenters. The zero-order valence-electron chi connectivity index (χ0n) is 16.9. The second-order valence-electron chi connectivity index (χ2n) is 9.87. The minimum absolute atomic E-state index is 0.0781. The second-order valence-corrected chi connectivity index (χ2v) is 11.0. The van der Waals surface area contributed by atoms with Crippen molar-refractivity contribution < 1.29 is 29.3 Å². The lowest BCUT2D eigenvalue weighted by Crippen LogP contribution is -2.69. The van der Waals surface area contributed by atoms with E-state index in [0.717, 1.165) is 0 Å². The summed E-state index contributed by atoms with van der Waals surface area (Å²) in [4.78, 5) is 24.7. The summed E-state index contributed by atoms with van der Waals surface area (Å²) in [5.74, 6) is -2.18. The van der Waals surface area contributed by atoms with E-state index in [0.29, 0.717) is 24.8 Å². The highest BCUT2D eigenvalue weighted by Crippen LogP contribution is 2.70. The first kappa shape index (κ1) is 21.6. The number of rotatable bonds is 2. The van der Waals surface area contributed by atoms with E-state index < -0.39 is 49.9 Å². The highest BCUT2D eigenvalue weighted by molar-refractivity contribution is 14.1. The lowest BCUT2D eigenvalue weighted by atomic mass is 9.44. The van der Waals surface area contributed by atoms with E-state index in [1.54, 1.807) is 49.4 Å². The van der Waals surface area contributed by atoms with Crippen LogP contribution >= 0.6 is 22.6 Å². The molecule has 29 heavy (non-hydrogen) atoms. The number of ketones is 2. The Balaban J connectivity index is 1.83.